The SMILES string of the molecule is c1ccc(N(c2ccccc2)c2ccc(S(c3ccccc3)(c3ccccc3)c3ccc(N(c4ccccc4)c4ccccc4)cc3)cc2)cc1. The van der Waals surface area contributed by atoms with Gasteiger partial charge in [0.25, 0.3) is 0 Å². The Morgan fingerprint density at radius 1 is 0.196 bits per heavy atom. The van der Waals surface area contributed by atoms with Crippen LogP contribution in [-0.4, -0.2) is 0 Å². The van der Waals surface area contributed by atoms with Gasteiger partial charge in [0.05, 0.1) is 0 Å². The molecular formula is C48H38N2S. The summed E-state index contributed by atoms with van der Waals surface area (Å²) in [5, 5.41) is 0. The summed E-state index contributed by atoms with van der Waals surface area (Å²) in [5.74, 6) is 0. The van der Waals surface area contributed by atoms with Crippen LogP contribution in [0.4, 0.5) is 34.1 Å². The average molecular weight is 675 g/mol. The van der Waals surface area contributed by atoms with Crippen molar-refractivity contribution in [2.45, 2.75) is 19.6 Å². The van der Waals surface area contributed by atoms with Gasteiger partial charge >= 0.3 is 0 Å². The third kappa shape index (κ3) is 6.32. The van der Waals surface area contributed by atoms with E-state index in [1.54, 1.807) is 0 Å². The molecule has 0 heterocycles. The minimum atomic E-state index is -1.89. The van der Waals surface area contributed by atoms with Crippen molar-refractivity contribution in [1.29, 1.82) is 0 Å². The molecule has 246 valence electrons. The first-order chi connectivity index (χ1) is 25.3. The summed E-state index contributed by atoms with van der Waals surface area (Å²) >= 11 is 0. The van der Waals surface area contributed by atoms with Crippen molar-refractivity contribution in [2.75, 3.05) is 9.80 Å². The van der Waals surface area contributed by atoms with Gasteiger partial charge < -0.3 is 9.80 Å². The zero-order valence-corrected chi connectivity index (χ0v) is 29.1. The van der Waals surface area contributed by atoms with E-state index in [-0.39, 0.29) is 0 Å². The smallest absolute Gasteiger partial charge is 0.0462 e. The summed E-state index contributed by atoms with van der Waals surface area (Å²) in [4.78, 5) is 9.79. The molecule has 0 spiro atoms. The molecule has 8 aromatic carbocycles. The molecule has 51 heavy (non-hydrogen) atoms. The number of hydrogen-bond donors (Lipinski definition) is 0. The summed E-state index contributed by atoms with van der Waals surface area (Å²) in [6.07, 6.45) is 0. The van der Waals surface area contributed by atoms with Crippen LogP contribution in [0, 0.1) is 0 Å². The lowest BCUT2D eigenvalue weighted by molar-refractivity contribution is 1.22. The Labute approximate surface area is 302 Å². The number of rotatable bonds is 10. The highest BCUT2D eigenvalue weighted by Crippen LogP contribution is 2.73. The maximum atomic E-state index is 2.34. The third-order valence-electron chi connectivity index (χ3n) is 9.15. The van der Waals surface area contributed by atoms with Gasteiger partial charge in [-0.1, -0.05) is 109 Å². The van der Waals surface area contributed by atoms with E-state index in [1.807, 2.05) is 0 Å². The fraction of sp³-hybridized carbons (Fsp3) is 0. The van der Waals surface area contributed by atoms with E-state index in [4.69, 9.17) is 0 Å². The Bertz CT molecular complexity index is 2020. The summed E-state index contributed by atoms with van der Waals surface area (Å²) in [7, 11) is -1.89. The van der Waals surface area contributed by atoms with Crippen LogP contribution >= 0.6 is 10.0 Å². The van der Waals surface area contributed by atoms with Crippen molar-refractivity contribution in [3.63, 3.8) is 0 Å². The molecule has 8 rings (SSSR count). The van der Waals surface area contributed by atoms with Gasteiger partial charge in [0, 0.05) is 53.7 Å². The number of nitrogens with zero attached hydrogens (tertiary/aromatic N) is 2. The minimum absolute atomic E-state index is 1.11. The first kappa shape index (κ1) is 31.9. The molecule has 0 bridgehead atoms. The monoisotopic (exact) mass is 674 g/mol. The van der Waals surface area contributed by atoms with Crippen molar-refractivity contribution in [1.82, 2.24) is 0 Å². The molecule has 0 atom stereocenters. The van der Waals surface area contributed by atoms with E-state index in [1.165, 1.54) is 19.6 Å². The molecule has 0 aliphatic heterocycles. The first-order valence-electron chi connectivity index (χ1n) is 17.3. The highest BCUT2D eigenvalue weighted by molar-refractivity contribution is 8.34. The lowest BCUT2D eigenvalue weighted by Crippen LogP contribution is -2.11. The zero-order chi connectivity index (χ0) is 34.3. The molecule has 3 heteroatoms. The second-order valence-electron chi connectivity index (χ2n) is 12.2. The quantitative estimate of drug-likeness (QED) is 0.142. The molecular weight excluding hydrogens is 637 g/mol. The van der Waals surface area contributed by atoms with Gasteiger partial charge in [-0.25, -0.2) is 0 Å². The van der Waals surface area contributed by atoms with Crippen LogP contribution < -0.4 is 9.80 Å². The predicted octanol–water partition coefficient (Wildman–Crippen LogP) is 14.0. The van der Waals surface area contributed by atoms with E-state index in [9.17, 15) is 0 Å². The van der Waals surface area contributed by atoms with Gasteiger partial charge in [-0.2, -0.15) is 0 Å². The van der Waals surface area contributed by atoms with E-state index < -0.39 is 10.0 Å². The summed E-state index contributed by atoms with van der Waals surface area (Å²) in [6, 6.07) is 83.0. The normalized spacial score (nSPS) is 11.5. The first-order valence-corrected chi connectivity index (χ1v) is 18.9. The maximum absolute atomic E-state index is 2.34. The Hall–Kier alpha value is -6.29. The van der Waals surface area contributed by atoms with Crippen LogP contribution in [0.1, 0.15) is 0 Å². The zero-order valence-electron chi connectivity index (χ0n) is 28.2. The lowest BCUT2D eigenvalue weighted by Gasteiger charge is -2.42. The molecule has 2 nitrogen and oxygen atoms in total. The van der Waals surface area contributed by atoms with Crippen LogP contribution in [0.25, 0.3) is 0 Å². The van der Waals surface area contributed by atoms with Crippen molar-refractivity contribution in [3.8, 4) is 0 Å². The van der Waals surface area contributed by atoms with Gasteiger partial charge in [-0.3, -0.25) is 0 Å². The van der Waals surface area contributed by atoms with Gasteiger partial charge in [-0.15, -0.1) is 10.0 Å². The average Bonchev–Trinajstić information content (AvgIpc) is 3.22. The van der Waals surface area contributed by atoms with E-state index in [0.717, 1.165) is 34.1 Å². The number of hydrogen-bond acceptors (Lipinski definition) is 2. The van der Waals surface area contributed by atoms with Crippen LogP contribution in [0.15, 0.2) is 250 Å². The molecule has 0 aliphatic carbocycles. The fourth-order valence-corrected chi connectivity index (χ4v) is 10.7. The van der Waals surface area contributed by atoms with Crippen molar-refractivity contribution < 1.29 is 0 Å². The predicted molar refractivity (Wildman–Crippen MR) is 216 cm³/mol. The molecule has 0 N–H and O–H groups in total. The van der Waals surface area contributed by atoms with Crippen molar-refractivity contribution in [3.05, 3.63) is 231 Å². The second kappa shape index (κ2) is 14.7. The highest BCUT2D eigenvalue weighted by Gasteiger charge is 2.33. The molecule has 0 unspecified atom stereocenters. The highest BCUT2D eigenvalue weighted by atomic mass is 32.3. The second-order valence-corrected chi connectivity index (χ2v) is 15.3. The van der Waals surface area contributed by atoms with Crippen LogP contribution in [0.2, 0.25) is 0 Å². The fourth-order valence-electron chi connectivity index (χ4n) is 6.87. The summed E-state index contributed by atoms with van der Waals surface area (Å²) in [5.41, 5.74) is 6.72. The standard InChI is InChI=1S/C48H38N2S/c1-7-19-39(20-8-1)49(40-21-9-2-10-22-40)43-31-35-47(36-32-43)51(45-27-15-5-16-28-45,46-29-17-6-18-30-46)48-37-33-44(34-38-48)50(41-23-11-3-12-24-41)42-25-13-4-14-26-42/h1-38H. The molecule has 0 fully saturated rings. The summed E-state index contributed by atoms with van der Waals surface area (Å²) in [6.45, 7) is 0. The van der Waals surface area contributed by atoms with Gasteiger partial charge in [0.1, 0.15) is 0 Å². The molecule has 8 aromatic rings. The molecule has 0 aromatic heterocycles. The van der Waals surface area contributed by atoms with Gasteiger partial charge in [0.2, 0.25) is 0 Å². The molecule has 0 saturated heterocycles. The van der Waals surface area contributed by atoms with E-state index in [0.29, 0.717) is 0 Å². The molecule has 0 radical (unpaired) electrons. The van der Waals surface area contributed by atoms with Crippen molar-refractivity contribution in [2.24, 2.45) is 0 Å². The minimum Gasteiger partial charge on any atom is -0.311 e. The van der Waals surface area contributed by atoms with Gasteiger partial charge in [-0.05, 0) is 121 Å². The number of para-hydroxylation sites is 4. The Kier molecular flexibility index (Phi) is 9.19. The van der Waals surface area contributed by atoms with E-state index in [2.05, 4.69) is 240 Å². The molecule has 0 aliphatic rings. The van der Waals surface area contributed by atoms with Crippen LogP contribution in [0.5, 0.6) is 0 Å². The molecule has 0 amide bonds. The topological polar surface area (TPSA) is 6.48 Å². The van der Waals surface area contributed by atoms with Crippen LogP contribution in [0.3, 0.4) is 0 Å². The number of anilines is 6. The number of benzene rings is 8. The van der Waals surface area contributed by atoms with Gasteiger partial charge in [0.15, 0.2) is 0 Å². The third-order valence-corrected chi connectivity index (χ3v) is 13.1. The maximum Gasteiger partial charge on any atom is 0.0462 e. The van der Waals surface area contributed by atoms with Crippen LogP contribution in [-0.2, 0) is 0 Å². The largest absolute Gasteiger partial charge is 0.311 e. The van der Waals surface area contributed by atoms with Crippen molar-refractivity contribution >= 4 is 44.2 Å². The Balaban J connectivity index is 1.30. The molecule has 0 saturated carbocycles. The lowest BCUT2D eigenvalue weighted by atomic mass is 10.2. The van der Waals surface area contributed by atoms with E-state index >= 15 is 0 Å². The Morgan fingerprint density at radius 3 is 0.647 bits per heavy atom. The Morgan fingerprint density at radius 2 is 0.392 bits per heavy atom. The summed E-state index contributed by atoms with van der Waals surface area (Å²) < 4.78 is 0.